The lowest BCUT2D eigenvalue weighted by Gasteiger charge is -2.06. The number of carboxylic acid groups (broad SMARTS) is 1. The van der Waals surface area contributed by atoms with E-state index in [1.54, 1.807) is 0 Å². The van der Waals surface area contributed by atoms with E-state index in [2.05, 4.69) is 10.4 Å². The maximum absolute atomic E-state index is 11.0. The third-order valence-electron chi connectivity index (χ3n) is 1.94. The maximum atomic E-state index is 11.0. The molecule has 0 aliphatic carbocycles. The van der Waals surface area contributed by atoms with Gasteiger partial charge in [0.1, 0.15) is 0 Å². The van der Waals surface area contributed by atoms with Crippen LogP contribution in [0.25, 0.3) is 0 Å². The molecule has 96 valence electrons. The smallest absolute Gasteiger partial charge is 0.337 e. The van der Waals surface area contributed by atoms with E-state index in [1.807, 2.05) is 0 Å². The number of hydrazine groups is 1. The zero-order chi connectivity index (χ0) is 13.7. The van der Waals surface area contributed by atoms with Crippen molar-refractivity contribution in [3.05, 3.63) is 33.9 Å². The standard InChI is InChI=1S/C9H10N4O4S/c1-11-9(12-10)18-7-3-2-5(13(16)17)4-6(7)8(14)15/h2-4H,10H2,1H3,(H,11,12)(H,14,15). The molecular formula is C9H10N4O4S. The highest BCUT2D eigenvalue weighted by atomic mass is 32.2. The molecule has 0 saturated heterocycles. The summed E-state index contributed by atoms with van der Waals surface area (Å²) in [5, 5.41) is 19.9. The Morgan fingerprint density at radius 2 is 2.28 bits per heavy atom. The van der Waals surface area contributed by atoms with Crippen LogP contribution in [0, 0.1) is 10.1 Å². The molecule has 0 unspecified atom stereocenters. The lowest BCUT2D eigenvalue weighted by atomic mass is 10.2. The van der Waals surface area contributed by atoms with Crippen LogP contribution in [0.3, 0.4) is 0 Å². The second-order valence-electron chi connectivity index (χ2n) is 3.02. The fourth-order valence-electron chi connectivity index (χ4n) is 1.13. The normalized spacial score (nSPS) is 11.1. The first-order valence-corrected chi connectivity index (χ1v) is 5.44. The lowest BCUT2D eigenvalue weighted by Crippen LogP contribution is -2.27. The topological polar surface area (TPSA) is 131 Å². The van der Waals surface area contributed by atoms with Crippen molar-refractivity contribution >= 4 is 28.6 Å². The van der Waals surface area contributed by atoms with Gasteiger partial charge in [-0.2, -0.15) is 0 Å². The SMILES string of the molecule is CN=C(NN)Sc1ccc([N+](=O)[O-])cc1C(=O)O. The second-order valence-corrected chi connectivity index (χ2v) is 4.05. The number of nitro benzene ring substituents is 1. The zero-order valence-electron chi connectivity index (χ0n) is 9.28. The monoisotopic (exact) mass is 270 g/mol. The Kier molecular flexibility index (Phi) is 4.63. The molecule has 18 heavy (non-hydrogen) atoms. The number of nitrogens with zero attached hydrogens (tertiary/aromatic N) is 2. The van der Waals surface area contributed by atoms with Crippen LogP contribution in [0.15, 0.2) is 28.1 Å². The van der Waals surface area contributed by atoms with Gasteiger partial charge in [0.2, 0.25) is 0 Å². The number of non-ortho nitro benzene ring substituents is 1. The molecule has 0 saturated carbocycles. The Bertz CT molecular complexity index is 517. The molecule has 0 heterocycles. The molecule has 0 aromatic heterocycles. The number of hydrogen-bond donors (Lipinski definition) is 3. The van der Waals surface area contributed by atoms with Gasteiger partial charge in [-0.05, 0) is 6.07 Å². The number of nitro groups is 1. The molecule has 0 radical (unpaired) electrons. The Labute approximate surface area is 106 Å². The number of amidine groups is 1. The third-order valence-corrected chi connectivity index (χ3v) is 3.01. The van der Waals surface area contributed by atoms with Crippen LogP contribution in [-0.2, 0) is 0 Å². The minimum Gasteiger partial charge on any atom is -0.478 e. The molecule has 1 rings (SSSR count). The number of aliphatic imine (C=N–C) groups is 1. The number of carboxylic acids is 1. The van der Waals surface area contributed by atoms with Gasteiger partial charge in [-0.25, -0.2) is 10.6 Å². The van der Waals surface area contributed by atoms with E-state index in [0.29, 0.717) is 10.1 Å². The summed E-state index contributed by atoms with van der Waals surface area (Å²) in [6.45, 7) is 0. The van der Waals surface area contributed by atoms with Gasteiger partial charge in [0, 0.05) is 24.1 Å². The third kappa shape index (κ3) is 3.18. The van der Waals surface area contributed by atoms with Crippen LogP contribution in [0.5, 0.6) is 0 Å². The molecule has 9 heteroatoms. The van der Waals surface area contributed by atoms with E-state index in [1.165, 1.54) is 19.2 Å². The molecule has 1 aromatic carbocycles. The Hall–Kier alpha value is -2.13. The molecule has 0 aliphatic rings. The first kappa shape index (κ1) is 13.9. The van der Waals surface area contributed by atoms with Crippen LogP contribution in [0.4, 0.5) is 5.69 Å². The van der Waals surface area contributed by atoms with Crippen molar-refractivity contribution in [1.82, 2.24) is 5.43 Å². The van der Waals surface area contributed by atoms with Gasteiger partial charge in [0.05, 0.1) is 10.5 Å². The van der Waals surface area contributed by atoms with Gasteiger partial charge in [0.25, 0.3) is 5.69 Å². The van der Waals surface area contributed by atoms with Crippen LogP contribution in [0.1, 0.15) is 10.4 Å². The fraction of sp³-hybridized carbons (Fsp3) is 0.111. The van der Waals surface area contributed by atoms with Crippen molar-refractivity contribution in [3.8, 4) is 0 Å². The quantitative estimate of drug-likeness (QED) is 0.185. The van der Waals surface area contributed by atoms with E-state index in [9.17, 15) is 14.9 Å². The molecule has 0 atom stereocenters. The van der Waals surface area contributed by atoms with Crippen LogP contribution < -0.4 is 11.3 Å². The van der Waals surface area contributed by atoms with Gasteiger partial charge in [-0.3, -0.25) is 15.1 Å². The Morgan fingerprint density at radius 1 is 1.61 bits per heavy atom. The number of aromatic carboxylic acids is 1. The molecule has 0 amide bonds. The van der Waals surface area contributed by atoms with Gasteiger partial charge in [-0.15, -0.1) is 0 Å². The number of carbonyl (C=O) groups is 1. The number of nitrogens with one attached hydrogen (secondary N) is 1. The molecule has 8 nitrogen and oxygen atoms in total. The Morgan fingerprint density at radius 3 is 2.72 bits per heavy atom. The van der Waals surface area contributed by atoms with Crippen molar-refractivity contribution in [3.63, 3.8) is 0 Å². The van der Waals surface area contributed by atoms with Crippen molar-refractivity contribution < 1.29 is 14.8 Å². The average Bonchev–Trinajstić information content (AvgIpc) is 2.35. The molecule has 0 bridgehead atoms. The molecule has 0 fully saturated rings. The predicted molar refractivity (Wildman–Crippen MR) is 66.6 cm³/mol. The summed E-state index contributed by atoms with van der Waals surface area (Å²) in [4.78, 5) is 25.0. The van der Waals surface area contributed by atoms with Crippen LogP contribution in [0.2, 0.25) is 0 Å². The minimum absolute atomic E-state index is 0.175. The van der Waals surface area contributed by atoms with E-state index in [0.717, 1.165) is 17.8 Å². The average molecular weight is 270 g/mol. The maximum Gasteiger partial charge on any atom is 0.337 e. The molecular weight excluding hydrogens is 260 g/mol. The van der Waals surface area contributed by atoms with E-state index < -0.39 is 10.9 Å². The molecule has 1 aromatic rings. The number of hydrogen-bond acceptors (Lipinski definition) is 6. The summed E-state index contributed by atoms with van der Waals surface area (Å²) in [6, 6.07) is 3.56. The first-order valence-electron chi connectivity index (χ1n) is 4.62. The van der Waals surface area contributed by atoms with Crippen LogP contribution >= 0.6 is 11.8 Å². The van der Waals surface area contributed by atoms with E-state index >= 15 is 0 Å². The van der Waals surface area contributed by atoms with Gasteiger partial charge >= 0.3 is 5.97 Å². The highest BCUT2D eigenvalue weighted by Gasteiger charge is 2.17. The van der Waals surface area contributed by atoms with Gasteiger partial charge in [-0.1, -0.05) is 11.8 Å². The summed E-state index contributed by atoms with van der Waals surface area (Å²) in [5.74, 6) is 3.92. The number of benzene rings is 1. The summed E-state index contributed by atoms with van der Waals surface area (Å²) < 4.78 is 0. The van der Waals surface area contributed by atoms with Crippen molar-refractivity contribution in [2.24, 2.45) is 10.8 Å². The summed E-state index contributed by atoms with van der Waals surface area (Å²) >= 11 is 0.975. The molecule has 0 spiro atoms. The number of nitrogens with two attached hydrogens (primary N) is 1. The van der Waals surface area contributed by atoms with Gasteiger partial charge in [0.15, 0.2) is 5.17 Å². The largest absolute Gasteiger partial charge is 0.478 e. The zero-order valence-corrected chi connectivity index (χ0v) is 10.1. The minimum atomic E-state index is -1.26. The number of rotatable bonds is 3. The van der Waals surface area contributed by atoms with Gasteiger partial charge < -0.3 is 10.5 Å². The molecule has 4 N–H and O–H groups in total. The lowest BCUT2D eigenvalue weighted by molar-refractivity contribution is -0.384. The van der Waals surface area contributed by atoms with Crippen molar-refractivity contribution in [2.45, 2.75) is 4.90 Å². The highest BCUT2D eigenvalue weighted by molar-refractivity contribution is 8.13. The fourth-order valence-corrected chi connectivity index (χ4v) is 1.88. The molecule has 0 aliphatic heterocycles. The predicted octanol–water partition coefficient (Wildman–Crippen LogP) is 0.834. The van der Waals surface area contributed by atoms with E-state index in [-0.39, 0.29) is 11.3 Å². The summed E-state index contributed by atoms with van der Waals surface area (Å²) in [7, 11) is 1.48. The van der Waals surface area contributed by atoms with Crippen molar-refractivity contribution in [2.75, 3.05) is 7.05 Å². The number of thioether (sulfide) groups is 1. The van der Waals surface area contributed by atoms with E-state index in [4.69, 9.17) is 10.9 Å². The van der Waals surface area contributed by atoms with Crippen LogP contribution in [-0.4, -0.2) is 28.2 Å². The van der Waals surface area contributed by atoms with Crippen molar-refractivity contribution in [1.29, 1.82) is 0 Å². The summed E-state index contributed by atoms with van der Waals surface area (Å²) in [6.07, 6.45) is 0. The highest BCUT2D eigenvalue weighted by Crippen LogP contribution is 2.27. The summed E-state index contributed by atoms with van der Waals surface area (Å²) in [5.41, 5.74) is 1.83. The first-order chi connectivity index (χ1) is 8.49. The Balaban J connectivity index is 3.20. The second kappa shape index (κ2) is 5.98.